The predicted octanol–water partition coefficient (Wildman–Crippen LogP) is 2.99. The Morgan fingerprint density at radius 3 is 2.59 bits per heavy atom. The maximum Gasteiger partial charge on any atom is 0.349 e. The van der Waals surface area contributed by atoms with Crippen LogP contribution < -0.4 is 20.7 Å². The minimum absolute atomic E-state index is 0.132. The molecule has 4 rings (SSSR count). The summed E-state index contributed by atoms with van der Waals surface area (Å²) in [5, 5.41) is 14.1. The van der Waals surface area contributed by atoms with Crippen LogP contribution in [0.4, 0.5) is 0 Å². The van der Waals surface area contributed by atoms with E-state index in [0.29, 0.717) is 11.3 Å². The van der Waals surface area contributed by atoms with Gasteiger partial charge in [0.1, 0.15) is 28.3 Å². The number of rotatable bonds is 6. The van der Waals surface area contributed by atoms with Crippen molar-refractivity contribution in [3.63, 3.8) is 0 Å². The largest absolute Gasteiger partial charge is 0.507 e. The van der Waals surface area contributed by atoms with Crippen LogP contribution in [0.5, 0.6) is 17.2 Å². The van der Waals surface area contributed by atoms with E-state index in [0.717, 1.165) is 43.0 Å². The number of aryl methyl sites for hydroxylation is 1. The summed E-state index contributed by atoms with van der Waals surface area (Å²) in [6, 6.07) is 6.74. The van der Waals surface area contributed by atoms with E-state index in [-0.39, 0.29) is 27.5 Å². The molecule has 10 nitrogen and oxygen atoms in total. The van der Waals surface area contributed by atoms with Crippen LogP contribution in [-0.2, 0) is 10.0 Å². The third-order valence-electron chi connectivity index (χ3n) is 5.54. The molecule has 3 aromatic rings. The lowest BCUT2D eigenvalue weighted by atomic mass is 9.96. The van der Waals surface area contributed by atoms with E-state index >= 15 is 0 Å². The van der Waals surface area contributed by atoms with E-state index in [1.54, 1.807) is 13.0 Å². The van der Waals surface area contributed by atoms with Crippen LogP contribution >= 0.6 is 11.6 Å². The van der Waals surface area contributed by atoms with Crippen molar-refractivity contribution in [2.75, 3.05) is 0 Å². The molecule has 180 valence electrons. The molecule has 0 unspecified atom stereocenters. The van der Waals surface area contributed by atoms with Gasteiger partial charge in [-0.3, -0.25) is 9.78 Å². The van der Waals surface area contributed by atoms with Crippen molar-refractivity contribution in [3.8, 4) is 22.9 Å². The number of nitrogens with one attached hydrogen (secondary N) is 2. The number of phenolic OH excluding ortho intramolecular Hbond substituents is 1. The Balaban J connectivity index is 1.63. The Bertz CT molecular complexity index is 1420. The Morgan fingerprint density at radius 2 is 1.91 bits per heavy atom. The highest BCUT2D eigenvalue weighted by atomic mass is 35.5. The number of sulfonamides is 1. The first kappa shape index (κ1) is 24.0. The molecule has 34 heavy (non-hydrogen) atoms. The van der Waals surface area contributed by atoms with Crippen molar-refractivity contribution >= 4 is 21.6 Å². The van der Waals surface area contributed by atoms with Gasteiger partial charge in [0, 0.05) is 12.1 Å². The van der Waals surface area contributed by atoms with Crippen molar-refractivity contribution < 1.29 is 18.3 Å². The molecule has 1 heterocycles. The van der Waals surface area contributed by atoms with Crippen LogP contribution in [0.3, 0.4) is 0 Å². The smallest absolute Gasteiger partial charge is 0.349 e. The molecule has 0 saturated heterocycles. The van der Waals surface area contributed by atoms with Gasteiger partial charge in [-0.1, -0.05) is 30.9 Å². The first-order valence-electron chi connectivity index (χ1n) is 10.7. The number of halogens is 1. The van der Waals surface area contributed by atoms with Gasteiger partial charge >= 0.3 is 5.69 Å². The Hall–Kier alpha value is -3.15. The van der Waals surface area contributed by atoms with Crippen molar-refractivity contribution in [2.24, 2.45) is 0 Å². The number of hydrogen-bond donors (Lipinski definition) is 3. The highest BCUT2D eigenvalue weighted by molar-refractivity contribution is 7.89. The van der Waals surface area contributed by atoms with Gasteiger partial charge in [-0.05, 0) is 49.6 Å². The summed E-state index contributed by atoms with van der Waals surface area (Å²) < 4.78 is 35.3. The second-order valence-electron chi connectivity index (χ2n) is 8.11. The summed E-state index contributed by atoms with van der Waals surface area (Å²) in [6.45, 7) is 1.68. The van der Waals surface area contributed by atoms with Crippen LogP contribution in [0, 0.1) is 6.92 Å². The number of aromatic nitrogens is 3. The fourth-order valence-electron chi connectivity index (χ4n) is 3.90. The number of phenols is 1. The van der Waals surface area contributed by atoms with Gasteiger partial charge in [-0.2, -0.15) is 9.78 Å². The molecule has 1 aliphatic rings. The molecule has 1 saturated carbocycles. The standard InChI is InChI=1S/C22H23ClN4O6S/c1-13-9-15(27-22(30)25-20(29)12-24-27)10-17(23)21(13)33-16-7-8-18(28)19(11-16)34(31,32)26-14-5-3-2-4-6-14/h7-12,14,26,28H,2-6H2,1H3,(H,25,29,30). The fourth-order valence-corrected chi connectivity index (χ4v) is 5.61. The molecule has 0 amide bonds. The molecular formula is C22H23ClN4O6S. The van der Waals surface area contributed by atoms with Gasteiger partial charge in [-0.25, -0.2) is 17.9 Å². The van der Waals surface area contributed by atoms with E-state index in [1.165, 1.54) is 24.3 Å². The van der Waals surface area contributed by atoms with Gasteiger partial charge in [0.15, 0.2) is 0 Å². The van der Waals surface area contributed by atoms with Crippen LogP contribution in [-0.4, -0.2) is 34.3 Å². The molecule has 1 aromatic heterocycles. The van der Waals surface area contributed by atoms with Crippen molar-refractivity contribution in [3.05, 3.63) is 68.0 Å². The number of nitrogens with zero attached hydrogens (tertiary/aromatic N) is 2. The number of H-pyrrole nitrogens is 1. The third kappa shape index (κ3) is 5.16. The van der Waals surface area contributed by atoms with Crippen LogP contribution in [0.1, 0.15) is 37.7 Å². The van der Waals surface area contributed by atoms with Crippen molar-refractivity contribution in [1.82, 2.24) is 19.5 Å². The highest BCUT2D eigenvalue weighted by Gasteiger charge is 2.25. The van der Waals surface area contributed by atoms with Gasteiger partial charge in [-0.15, -0.1) is 0 Å². The summed E-state index contributed by atoms with van der Waals surface area (Å²) in [7, 11) is -3.96. The molecule has 0 atom stereocenters. The van der Waals surface area contributed by atoms with Crippen molar-refractivity contribution in [2.45, 2.75) is 50.0 Å². The van der Waals surface area contributed by atoms with Crippen LogP contribution in [0.25, 0.3) is 5.69 Å². The first-order valence-corrected chi connectivity index (χ1v) is 12.5. The molecule has 0 spiro atoms. The molecule has 2 aromatic carbocycles. The molecule has 3 N–H and O–H groups in total. The molecule has 0 bridgehead atoms. The van der Waals surface area contributed by atoms with E-state index in [1.807, 2.05) is 0 Å². The Labute approximate surface area is 200 Å². The second kappa shape index (κ2) is 9.61. The number of aromatic hydroxyl groups is 1. The molecular weight excluding hydrogens is 484 g/mol. The maximum absolute atomic E-state index is 12.9. The molecule has 0 radical (unpaired) electrons. The fraction of sp³-hybridized carbons (Fsp3) is 0.318. The second-order valence-corrected chi connectivity index (χ2v) is 10.2. The lowest BCUT2D eigenvalue weighted by Crippen LogP contribution is -2.36. The third-order valence-corrected chi connectivity index (χ3v) is 7.37. The molecule has 0 aliphatic heterocycles. The zero-order valence-electron chi connectivity index (χ0n) is 18.2. The zero-order valence-corrected chi connectivity index (χ0v) is 19.8. The summed E-state index contributed by atoms with van der Waals surface area (Å²) in [6.07, 6.45) is 5.47. The Kier molecular flexibility index (Phi) is 6.78. The summed E-state index contributed by atoms with van der Waals surface area (Å²) >= 11 is 6.39. The van der Waals surface area contributed by atoms with Gasteiger partial charge < -0.3 is 9.84 Å². The lowest BCUT2D eigenvalue weighted by molar-refractivity contribution is 0.409. The minimum Gasteiger partial charge on any atom is -0.507 e. The number of hydrogen-bond acceptors (Lipinski definition) is 7. The topological polar surface area (TPSA) is 143 Å². The van der Waals surface area contributed by atoms with Crippen LogP contribution in [0.2, 0.25) is 5.02 Å². The monoisotopic (exact) mass is 506 g/mol. The van der Waals surface area contributed by atoms with E-state index < -0.39 is 27.0 Å². The van der Waals surface area contributed by atoms with E-state index in [2.05, 4.69) is 14.8 Å². The summed E-state index contributed by atoms with van der Waals surface area (Å²) in [5.74, 6) is -0.00610. The summed E-state index contributed by atoms with van der Waals surface area (Å²) in [4.78, 5) is 25.1. The van der Waals surface area contributed by atoms with Gasteiger partial charge in [0.25, 0.3) is 5.56 Å². The minimum atomic E-state index is -3.96. The number of ether oxygens (including phenoxy) is 1. The van der Waals surface area contributed by atoms with Gasteiger partial charge in [0.2, 0.25) is 10.0 Å². The number of aromatic amines is 1. The zero-order chi connectivity index (χ0) is 24.5. The quantitative estimate of drug-likeness (QED) is 0.466. The predicted molar refractivity (Wildman–Crippen MR) is 126 cm³/mol. The lowest BCUT2D eigenvalue weighted by Gasteiger charge is -2.23. The molecule has 12 heteroatoms. The Morgan fingerprint density at radius 1 is 1.18 bits per heavy atom. The first-order chi connectivity index (χ1) is 16.1. The summed E-state index contributed by atoms with van der Waals surface area (Å²) in [5.41, 5.74) is -0.516. The van der Waals surface area contributed by atoms with E-state index in [4.69, 9.17) is 16.3 Å². The maximum atomic E-state index is 12.9. The van der Waals surface area contributed by atoms with Gasteiger partial charge in [0.05, 0.1) is 10.7 Å². The number of benzene rings is 2. The molecule has 1 aliphatic carbocycles. The van der Waals surface area contributed by atoms with Crippen LogP contribution in [0.15, 0.2) is 51.0 Å². The van der Waals surface area contributed by atoms with Crippen molar-refractivity contribution in [1.29, 1.82) is 0 Å². The highest BCUT2D eigenvalue weighted by Crippen LogP contribution is 2.37. The average molecular weight is 507 g/mol. The average Bonchev–Trinajstić information content (AvgIpc) is 2.77. The SMILES string of the molecule is Cc1cc(-n2ncc(=O)[nH]c2=O)cc(Cl)c1Oc1ccc(O)c(S(=O)(=O)NC2CCCCC2)c1. The van der Waals surface area contributed by atoms with E-state index in [9.17, 15) is 23.1 Å². The normalized spacial score (nSPS) is 14.8. The molecule has 1 fully saturated rings.